The van der Waals surface area contributed by atoms with Crippen LogP contribution in [0.1, 0.15) is 30.0 Å². The number of aryl methyl sites for hydroxylation is 1. The Kier molecular flexibility index (Phi) is 3.85. The maximum Gasteiger partial charge on any atom is 0.226 e. The van der Waals surface area contributed by atoms with Crippen LogP contribution in [0.3, 0.4) is 0 Å². The largest absolute Gasteiger partial charge is 0.439 e. The molecular formula is C19H20N4O4. The predicted molar refractivity (Wildman–Crippen MR) is 93.5 cm³/mol. The van der Waals surface area contributed by atoms with Gasteiger partial charge in [-0.25, -0.2) is 9.67 Å². The van der Waals surface area contributed by atoms with Crippen molar-refractivity contribution in [1.82, 2.24) is 20.0 Å². The summed E-state index contributed by atoms with van der Waals surface area (Å²) in [6, 6.07) is 9.75. The van der Waals surface area contributed by atoms with Crippen LogP contribution in [0.2, 0.25) is 0 Å². The maximum absolute atomic E-state index is 11.0. The van der Waals surface area contributed by atoms with Gasteiger partial charge >= 0.3 is 0 Å². The van der Waals surface area contributed by atoms with E-state index in [0.29, 0.717) is 36.9 Å². The lowest BCUT2D eigenvalue weighted by Gasteiger charge is -2.34. The number of aromatic nitrogens is 4. The number of benzene rings is 1. The summed E-state index contributed by atoms with van der Waals surface area (Å²) in [7, 11) is 0. The second-order valence-electron chi connectivity index (χ2n) is 7.08. The van der Waals surface area contributed by atoms with Crippen LogP contribution >= 0.6 is 0 Å². The summed E-state index contributed by atoms with van der Waals surface area (Å²) in [4.78, 5) is 4.50. The van der Waals surface area contributed by atoms with E-state index in [1.807, 2.05) is 37.3 Å². The molecule has 0 spiro atoms. The van der Waals surface area contributed by atoms with Crippen LogP contribution in [0, 0.1) is 6.92 Å². The third kappa shape index (κ3) is 2.86. The summed E-state index contributed by atoms with van der Waals surface area (Å²) < 4.78 is 18.8. The monoisotopic (exact) mass is 368 g/mol. The first-order valence-corrected chi connectivity index (χ1v) is 9.03. The fraction of sp³-hybridized carbons (Fsp3) is 0.421. The Morgan fingerprint density at radius 3 is 3.00 bits per heavy atom. The first-order chi connectivity index (χ1) is 13.1. The number of rotatable bonds is 4. The topological polar surface area (TPSA) is 95.4 Å². The van der Waals surface area contributed by atoms with E-state index in [9.17, 15) is 5.11 Å². The number of nitrogens with zero attached hydrogens (tertiary/aromatic N) is 4. The van der Waals surface area contributed by atoms with Crippen molar-refractivity contribution >= 4 is 0 Å². The molecule has 3 aromatic rings. The second-order valence-corrected chi connectivity index (χ2v) is 7.08. The minimum atomic E-state index is -1.27. The van der Waals surface area contributed by atoms with Gasteiger partial charge in [0.2, 0.25) is 5.89 Å². The number of fused-ring (bicyclic) bond motifs is 2. The average Bonchev–Trinajstić information content (AvgIpc) is 3.40. The maximum atomic E-state index is 11.0. The molecule has 0 radical (unpaired) electrons. The lowest BCUT2D eigenvalue weighted by molar-refractivity contribution is -0.219. The lowest BCUT2D eigenvalue weighted by Crippen LogP contribution is -2.44. The molecular weight excluding hydrogens is 348 g/mol. The highest BCUT2D eigenvalue weighted by Gasteiger charge is 2.51. The highest BCUT2D eigenvalue weighted by Crippen LogP contribution is 2.40. The number of hydrogen-bond donors (Lipinski definition) is 1. The van der Waals surface area contributed by atoms with Crippen LogP contribution in [-0.4, -0.2) is 44.1 Å². The number of hydrogen-bond acceptors (Lipinski definition) is 7. The van der Waals surface area contributed by atoms with Crippen molar-refractivity contribution in [2.24, 2.45) is 0 Å². The Bertz CT molecular complexity index is 954. The van der Waals surface area contributed by atoms with E-state index >= 15 is 0 Å². The molecule has 8 nitrogen and oxygen atoms in total. The average molecular weight is 368 g/mol. The van der Waals surface area contributed by atoms with Gasteiger partial charge in [-0.05, 0) is 31.9 Å². The molecule has 2 aromatic heterocycles. The van der Waals surface area contributed by atoms with Gasteiger partial charge in [-0.2, -0.15) is 0 Å². The van der Waals surface area contributed by atoms with E-state index in [1.54, 1.807) is 10.9 Å². The van der Waals surface area contributed by atoms with Crippen molar-refractivity contribution in [2.45, 2.75) is 44.3 Å². The van der Waals surface area contributed by atoms with E-state index in [2.05, 4.69) is 15.3 Å². The molecule has 2 bridgehead atoms. The zero-order chi connectivity index (χ0) is 18.4. The van der Waals surface area contributed by atoms with E-state index in [-0.39, 0.29) is 6.10 Å². The van der Waals surface area contributed by atoms with Crippen molar-refractivity contribution < 1.29 is 19.0 Å². The summed E-state index contributed by atoms with van der Waals surface area (Å²) in [5, 5.41) is 19.3. The molecule has 140 valence electrons. The van der Waals surface area contributed by atoms with Gasteiger partial charge in [-0.15, -0.1) is 5.10 Å². The molecule has 3 atom stereocenters. The SMILES string of the molecule is Cc1nc(-c2ccccc2)oc1Cn1cc(C2(O)CC[C@H]3CO[C@@H]2O3)nn1. The molecule has 2 aliphatic heterocycles. The third-order valence-corrected chi connectivity index (χ3v) is 5.19. The minimum Gasteiger partial charge on any atom is -0.439 e. The van der Waals surface area contributed by atoms with Crippen LogP contribution < -0.4 is 0 Å². The van der Waals surface area contributed by atoms with Crippen LogP contribution in [-0.2, 0) is 21.6 Å². The van der Waals surface area contributed by atoms with E-state index in [4.69, 9.17) is 13.9 Å². The quantitative estimate of drug-likeness (QED) is 0.752. The van der Waals surface area contributed by atoms with Gasteiger partial charge in [-0.1, -0.05) is 23.4 Å². The van der Waals surface area contributed by atoms with E-state index < -0.39 is 11.9 Å². The summed E-state index contributed by atoms with van der Waals surface area (Å²) in [5.41, 5.74) is 0.908. The summed E-state index contributed by atoms with van der Waals surface area (Å²) in [6.45, 7) is 2.79. The Labute approximate surface area is 155 Å². The number of ether oxygens (including phenoxy) is 2. The highest BCUT2D eigenvalue weighted by atomic mass is 16.7. The van der Waals surface area contributed by atoms with Gasteiger partial charge in [-0.3, -0.25) is 0 Å². The molecule has 2 saturated heterocycles. The van der Waals surface area contributed by atoms with Gasteiger partial charge in [0.25, 0.3) is 0 Å². The van der Waals surface area contributed by atoms with E-state index in [1.165, 1.54) is 0 Å². The Balaban J connectivity index is 1.38. The van der Waals surface area contributed by atoms with Gasteiger partial charge < -0.3 is 19.0 Å². The smallest absolute Gasteiger partial charge is 0.226 e. The molecule has 8 heteroatoms. The number of aliphatic hydroxyl groups is 1. The predicted octanol–water partition coefficient (Wildman–Crippen LogP) is 2.01. The molecule has 1 unspecified atom stereocenters. The van der Waals surface area contributed by atoms with Crippen molar-refractivity contribution in [2.75, 3.05) is 6.61 Å². The second kappa shape index (κ2) is 6.26. The van der Waals surface area contributed by atoms with Crippen molar-refractivity contribution in [1.29, 1.82) is 0 Å². The molecule has 27 heavy (non-hydrogen) atoms. The molecule has 0 aliphatic carbocycles. The Morgan fingerprint density at radius 2 is 2.15 bits per heavy atom. The molecule has 2 fully saturated rings. The molecule has 5 rings (SSSR count). The molecule has 0 saturated carbocycles. The standard InChI is InChI=1S/C19H20N4O4/c1-12-15(27-17(20-12)13-5-3-2-4-6-13)9-23-10-16(21-22-23)19(24)8-7-14-11-25-18(19)26-14/h2-6,10,14,18,24H,7-9,11H2,1H3/t14-,18+,19?/m0/s1. The molecule has 1 N–H and O–H groups in total. The highest BCUT2D eigenvalue weighted by molar-refractivity contribution is 5.53. The molecule has 1 aromatic carbocycles. The first kappa shape index (κ1) is 16.6. The van der Waals surface area contributed by atoms with Crippen LogP contribution in [0.25, 0.3) is 11.5 Å². The summed E-state index contributed by atoms with van der Waals surface area (Å²) >= 11 is 0. The minimum absolute atomic E-state index is 0.0681. The zero-order valence-corrected chi connectivity index (χ0v) is 14.9. The first-order valence-electron chi connectivity index (χ1n) is 9.03. The van der Waals surface area contributed by atoms with Gasteiger partial charge in [0.15, 0.2) is 11.9 Å². The normalized spacial score (nSPS) is 27.2. The molecule has 2 aliphatic rings. The molecule has 4 heterocycles. The molecule has 0 amide bonds. The van der Waals surface area contributed by atoms with E-state index in [0.717, 1.165) is 17.7 Å². The zero-order valence-electron chi connectivity index (χ0n) is 14.9. The van der Waals surface area contributed by atoms with Gasteiger partial charge in [0, 0.05) is 5.56 Å². The Morgan fingerprint density at radius 1 is 1.30 bits per heavy atom. The van der Waals surface area contributed by atoms with Crippen LogP contribution in [0.4, 0.5) is 0 Å². The van der Waals surface area contributed by atoms with Crippen molar-refractivity contribution in [3.8, 4) is 11.5 Å². The third-order valence-electron chi connectivity index (χ3n) is 5.19. The fourth-order valence-corrected chi connectivity index (χ4v) is 3.60. The van der Waals surface area contributed by atoms with Crippen molar-refractivity contribution in [3.05, 3.63) is 53.7 Å². The lowest BCUT2D eigenvalue weighted by atomic mass is 9.90. The van der Waals surface area contributed by atoms with Crippen LogP contribution in [0.15, 0.2) is 40.9 Å². The Hall–Kier alpha value is -2.55. The van der Waals surface area contributed by atoms with Crippen molar-refractivity contribution in [3.63, 3.8) is 0 Å². The van der Waals surface area contributed by atoms with Crippen LogP contribution in [0.5, 0.6) is 0 Å². The van der Waals surface area contributed by atoms with Gasteiger partial charge in [0.1, 0.15) is 18.0 Å². The summed E-state index contributed by atoms with van der Waals surface area (Å²) in [6.07, 6.45) is 2.38. The fourth-order valence-electron chi connectivity index (χ4n) is 3.60. The summed E-state index contributed by atoms with van der Waals surface area (Å²) in [5.74, 6) is 1.28. The van der Waals surface area contributed by atoms with Gasteiger partial charge in [0.05, 0.1) is 24.6 Å². The number of oxazole rings is 1.